The number of rotatable bonds is 6. The maximum atomic E-state index is 12.9. The van der Waals surface area contributed by atoms with E-state index in [-0.39, 0.29) is 18.0 Å². The van der Waals surface area contributed by atoms with Crippen LogP contribution in [0.4, 0.5) is 0 Å². The fourth-order valence-corrected chi connectivity index (χ4v) is 4.84. The highest BCUT2D eigenvalue weighted by Gasteiger charge is 2.61. The Morgan fingerprint density at radius 1 is 1.19 bits per heavy atom. The fourth-order valence-electron chi connectivity index (χ4n) is 4.84. The zero-order valence-corrected chi connectivity index (χ0v) is 15.1. The third kappa shape index (κ3) is 3.20. The number of aromatic nitrogens is 2. The molecule has 2 fully saturated rings. The summed E-state index contributed by atoms with van der Waals surface area (Å²) in [7, 11) is 0. The van der Waals surface area contributed by atoms with Gasteiger partial charge in [-0.3, -0.25) is 19.6 Å². The minimum absolute atomic E-state index is 0.0316. The Kier molecular flexibility index (Phi) is 4.64. The second-order valence-corrected chi connectivity index (χ2v) is 7.57. The number of carbonyl (C=O) groups excluding carboxylic acids is 1. The number of fused-ring (bicyclic) bond motifs is 2. The highest BCUT2D eigenvalue weighted by molar-refractivity contribution is 5.83. The molecule has 3 heterocycles. The minimum atomic E-state index is -0.882. The smallest absolute Gasteiger partial charge is 0.312 e. The number of aryl methyl sites for hydroxylation is 1. The SMILES string of the molecule is O=C(CCc1cnccn1)N1[C@H]2CC[C@@H]1[C@](Cc1ccccc1)(C(=O)O)C2. The number of carboxylic acids is 1. The Bertz CT molecular complexity index is 827. The Balaban J connectivity index is 1.52. The maximum Gasteiger partial charge on any atom is 0.312 e. The molecule has 2 aliphatic heterocycles. The summed E-state index contributed by atoms with van der Waals surface area (Å²) < 4.78 is 0. The normalized spacial score (nSPS) is 26.3. The topological polar surface area (TPSA) is 83.4 Å². The van der Waals surface area contributed by atoms with E-state index in [1.165, 1.54) is 0 Å². The molecule has 140 valence electrons. The third-order valence-electron chi connectivity index (χ3n) is 6.03. The quantitative estimate of drug-likeness (QED) is 0.850. The molecular formula is C21H23N3O3. The van der Waals surface area contributed by atoms with Crippen LogP contribution in [0.15, 0.2) is 48.9 Å². The Morgan fingerprint density at radius 2 is 2.00 bits per heavy atom. The summed E-state index contributed by atoms with van der Waals surface area (Å²) in [5, 5.41) is 10.1. The molecule has 0 radical (unpaired) electrons. The van der Waals surface area contributed by atoms with Gasteiger partial charge in [0, 0.05) is 37.1 Å². The first-order valence-corrected chi connectivity index (χ1v) is 9.43. The average Bonchev–Trinajstić information content (AvgIpc) is 3.24. The van der Waals surface area contributed by atoms with Crippen molar-refractivity contribution >= 4 is 11.9 Å². The van der Waals surface area contributed by atoms with E-state index >= 15 is 0 Å². The van der Waals surface area contributed by atoms with Crippen LogP contribution >= 0.6 is 0 Å². The first kappa shape index (κ1) is 17.6. The number of carboxylic acid groups (broad SMARTS) is 1. The van der Waals surface area contributed by atoms with Gasteiger partial charge in [-0.25, -0.2) is 0 Å². The van der Waals surface area contributed by atoms with Gasteiger partial charge < -0.3 is 10.0 Å². The summed E-state index contributed by atoms with van der Waals surface area (Å²) in [6.07, 6.45) is 8.44. The van der Waals surface area contributed by atoms with Gasteiger partial charge in [-0.1, -0.05) is 30.3 Å². The molecule has 0 saturated carbocycles. The number of amides is 1. The largest absolute Gasteiger partial charge is 0.481 e. The third-order valence-corrected chi connectivity index (χ3v) is 6.03. The van der Waals surface area contributed by atoms with Gasteiger partial charge in [0.1, 0.15) is 0 Å². The van der Waals surface area contributed by atoms with Crippen LogP contribution in [-0.4, -0.2) is 43.9 Å². The average molecular weight is 365 g/mol. The molecule has 1 N–H and O–H groups in total. The second-order valence-electron chi connectivity index (χ2n) is 7.57. The lowest BCUT2D eigenvalue weighted by Crippen LogP contribution is -2.46. The zero-order chi connectivity index (χ0) is 18.9. The highest BCUT2D eigenvalue weighted by Crippen LogP contribution is 2.52. The van der Waals surface area contributed by atoms with E-state index in [0.717, 1.165) is 24.1 Å². The van der Waals surface area contributed by atoms with Crippen molar-refractivity contribution in [3.05, 3.63) is 60.2 Å². The number of nitrogens with zero attached hydrogens (tertiary/aromatic N) is 3. The molecule has 6 nitrogen and oxygen atoms in total. The van der Waals surface area contributed by atoms with Crippen LogP contribution in [0.25, 0.3) is 0 Å². The Labute approximate surface area is 158 Å². The van der Waals surface area contributed by atoms with Crippen LogP contribution in [-0.2, 0) is 22.4 Å². The van der Waals surface area contributed by atoms with E-state index in [1.807, 2.05) is 35.2 Å². The van der Waals surface area contributed by atoms with Crippen LogP contribution in [0, 0.1) is 5.41 Å². The van der Waals surface area contributed by atoms with Gasteiger partial charge in [0.25, 0.3) is 0 Å². The number of hydrogen-bond donors (Lipinski definition) is 1. The van der Waals surface area contributed by atoms with E-state index in [9.17, 15) is 14.7 Å². The van der Waals surface area contributed by atoms with E-state index < -0.39 is 11.4 Å². The molecule has 0 aliphatic carbocycles. The molecule has 2 aromatic rings. The van der Waals surface area contributed by atoms with Crippen LogP contribution in [0.2, 0.25) is 0 Å². The molecule has 3 atom stereocenters. The van der Waals surface area contributed by atoms with Crippen LogP contribution in [0.3, 0.4) is 0 Å². The van der Waals surface area contributed by atoms with Crippen molar-refractivity contribution in [3.8, 4) is 0 Å². The lowest BCUT2D eigenvalue weighted by atomic mass is 9.70. The summed E-state index contributed by atoms with van der Waals surface area (Å²) >= 11 is 0. The number of carbonyl (C=O) groups is 2. The van der Waals surface area contributed by atoms with Crippen molar-refractivity contribution in [2.75, 3.05) is 0 Å². The predicted molar refractivity (Wildman–Crippen MR) is 98.8 cm³/mol. The van der Waals surface area contributed by atoms with E-state index in [4.69, 9.17) is 0 Å². The first-order chi connectivity index (χ1) is 13.1. The number of hydrogen-bond acceptors (Lipinski definition) is 4. The predicted octanol–water partition coefficient (Wildman–Crippen LogP) is 2.49. The van der Waals surface area contributed by atoms with E-state index in [0.29, 0.717) is 25.7 Å². The van der Waals surface area contributed by atoms with Crippen molar-refractivity contribution in [1.29, 1.82) is 0 Å². The van der Waals surface area contributed by atoms with E-state index in [1.54, 1.807) is 18.6 Å². The molecule has 2 aliphatic rings. The fraction of sp³-hybridized carbons (Fsp3) is 0.429. The summed E-state index contributed by atoms with van der Waals surface area (Å²) in [4.78, 5) is 35.4. The van der Waals surface area contributed by atoms with Crippen molar-refractivity contribution in [1.82, 2.24) is 14.9 Å². The van der Waals surface area contributed by atoms with Crippen LogP contribution < -0.4 is 0 Å². The molecule has 1 aromatic carbocycles. The van der Waals surface area contributed by atoms with Crippen molar-refractivity contribution in [2.24, 2.45) is 5.41 Å². The van der Waals surface area contributed by atoms with Crippen LogP contribution in [0.5, 0.6) is 0 Å². The molecule has 1 amide bonds. The molecule has 27 heavy (non-hydrogen) atoms. The van der Waals surface area contributed by atoms with Gasteiger partial charge in [-0.05, 0) is 37.7 Å². The van der Waals surface area contributed by atoms with Gasteiger partial charge in [0.2, 0.25) is 5.91 Å². The van der Waals surface area contributed by atoms with Gasteiger partial charge in [0.15, 0.2) is 0 Å². The number of benzene rings is 1. The summed E-state index contributed by atoms with van der Waals surface area (Å²) in [5.74, 6) is -0.755. The molecule has 6 heteroatoms. The molecule has 0 unspecified atom stereocenters. The molecule has 2 saturated heterocycles. The van der Waals surface area contributed by atoms with Gasteiger partial charge >= 0.3 is 5.97 Å². The van der Waals surface area contributed by atoms with Gasteiger partial charge in [0.05, 0.1) is 11.1 Å². The Hall–Kier alpha value is -2.76. The summed E-state index contributed by atoms with van der Waals surface area (Å²) in [6, 6.07) is 9.54. The summed E-state index contributed by atoms with van der Waals surface area (Å²) in [5.41, 5.74) is 0.914. The molecule has 1 aromatic heterocycles. The van der Waals surface area contributed by atoms with Crippen LogP contribution in [0.1, 0.15) is 36.9 Å². The Morgan fingerprint density at radius 3 is 2.70 bits per heavy atom. The maximum absolute atomic E-state index is 12.9. The van der Waals surface area contributed by atoms with Gasteiger partial charge in [-0.15, -0.1) is 0 Å². The second kappa shape index (κ2) is 7.10. The molecule has 0 spiro atoms. The lowest BCUT2D eigenvalue weighted by Gasteiger charge is -2.33. The minimum Gasteiger partial charge on any atom is -0.481 e. The number of aliphatic carboxylic acids is 1. The summed E-state index contributed by atoms with van der Waals surface area (Å²) in [6.45, 7) is 0. The van der Waals surface area contributed by atoms with Crippen molar-refractivity contribution < 1.29 is 14.7 Å². The zero-order valence-electron chi connectivity index (χ0n) is 15.1. The lowest BCUT2D eigenvalue weighted by molar-refractivity contribution is -0.151. The molecule has 2 bridgehead atoms. The molecule has 4 rings (SSSR count). The van der Waals surface area contributed by atoms with Crippen molar-refractivity contribution in [2.45, 2.75) is 50.6 Å². The monoisotopic (exact) mass is 365 g/mol. The molecular weight excluding hydrogens is 342 g/mol. The highest BCUT2D eigenvalue weighted by atomic mass is 16.4. The first-order valence-electron chi connectivity index (χ1n) is 9.43. The standard InChI is InChI=1S/C21H23N3O3/c25-19(9-6-16-14-22-10-11-23-16)24-17-7-8-18(24)21(13-17,20(26)27)12-15-4-2-1-3-5-15/h1-5,10-11,14,17-18H,6-9,12-13H2,(H,26,27)/t17-,18+,21+/m0/s1. The van der Waals surface area contributed by atoms with Gasteiger partial charge in [-0.2, -0.15) is 0 Å². The van der Waals surface area contributed by atoms with Crippen molar-refractivity contribution in [3.63, 3.8) is 0 Å². The van der Waals surface area contributed by atoms with E-state index in [2.05, 4.69) is 9.97 Å².